The van der Waals surface area contributed by atoms with Gasteiger partial charge in [-0.25, -0.2) is 4.98 Å². The van der Waals surface area contributed by atoms with Crippen LogP contribution >= 0.6 is 11.3 Å². The second kappa shape index (κ2) is 6.72. The zero-order chi connectivity index (χ0) is 17.1. The number of aromatic hydroxyl groups is 1. The van der Waals surface area contributed by atoms with Crippen molar-refractivity contribution in [2.75, 3.05) is 11.1 Å². The highest BCUT2D eigenvalue weighted by atomic mass is 32.1. The van der Waals surface area contributed by atoms with Crippen LogP contribution in [0.2, 0.25) is 0 Å². The number of hydrogen-bond acceptors (Lipinski definition) is 5. The van der Waals surface area contributed by atoms with Gasteiger partial charge in [-0.3, -0.25) is 4.79 Å². The molecule has 0 aliphatic rings. The summed E-state index contributed by atoms with van der Waals surface area (Å²) in [6, 6.07) is 12.3. The smallest absolute Gasteiger partial charge is 0.230 e. The molecule has 2 aromatic carbocycles. The van der Waals surface area contributed by atoms with E-state index < -0.39 is 0 Å². The molecular weight excluding hydrogens is 322 g/mol. The van der Waals surface area contributed by atoms with Crippen LogP contribution in [0.4, 0.5) is 11.4 Å². The number of hydrogen-bond donors (Lipinski definition) is 3. The van der Waals surface area contributed by atoms with Gasteiger partial charge in [0.05, 0.1) is 12.1 Å². The molecule has 0 fully saturated rings. The van der Waals surface area contributed by atoms with E-state index in [4.69, 9.17) is 5.73 Å². The quantitative estimate of drug-likeness (QED) is 0.501. The van der Waals surface area contributed by atoms with Gasteiger partial charge < -0.3 is 16.2 Å². The molecule has 1 aromatic heterocycles. The Morgan fingerprint density at radius 1 is 1.29 bits per heavy atom. The van der Waals surface area contributed by atoms with Crippen molar-refractivity contribution in [3.8, 4) is 16.3 Å². The Balaban J connectivity index is 1.69. The molecular formula is C18H17N3O2S. The fraction of sp³-hybridized carbons (Fsp3) is 0.111. The number of aromatic nitrogens is 1. The summed E-state index contributed by atoms with van der Waals surface area (Å²) in [5, 5.41) is 15.0. The molecule has 5 nitrogen and oxygen atoms in total. The maximum Gasteiger partial charge on any atom is 0.230 e. The Kier molecular flexibility index (Phi) is 4.48. The molecule has 0 spiro atoms. The molecule has 1 amide bonds. The Labute approximate surface area is 143 Å². The Bertz CT molecular complexity index is 889. The van der Waals surface area contributed by atoms with Gasteiger partial charge in [0.1, 0.15) is 10.8 Å². The third-order valence-electron chi connectivity index (χ3n) is 3.51. The van der Waals surface area contributed by atoms with Crippen LogP contribution in [0.3, 0.4) is 0 Å². The Hall–Kier alpha value is -2.86. The summed E-state index contributed by atoms with van der Waals surface area (Å²) in [4.78, 5) is 16.7. The van der Waals surface area contributed by atoms with Crippen LogP contribution in [-0.2, 0) is 11.2 Å². The molecule has 0 aliphatic heterocycles. The van der Waals surface area contributed by atoms with Crippen molar-refractivity contribution in [2.45, 2.75) is 13.3 Å². The number of nitrogen functional groups attached to an aromatic ring is 1. The third kappa shape index (κ3) is 3.72. The number of carbonyl (C=O) groups excluding carboxylic acids is 1. The number of nitrogens with two attached hydrogens (primary N) is 1. The second-order valence-corrected chi connectivity index (χ2v) is 6.35. The van der Waals surface area contributed by atoms with Gasteiger partial charge in [0.25, 0.3) is 0 Å². The predicted octanol–water partition coefficient (Wildman–Crippen LogP) is 3.59. The monoisotopic (exact) mass is 339 g/mol. The van der Waals surface area contributed by atoms with Gasteiger partial charge in [0, 0.05) is 22.3 Å². The van der Waals surface area contributed by atoms with Crippen molar-refractivity contribution < 1.29 is 9.90 Å². The number of thiazole rings is 1. The molecule has 0 radical (unpaired) electrons. The van der Waals surface area contributed by atoms with Gasteiger partial charge in [-0.15, -0.1) is 11.3 Å². The topological polar surface area (TPSA) is 88.2 Å². The molecule has 6 heteroatoms. The molecule has 122 valence electrons. The standard InChI is InChI=1S/C18H17N3O2S/c1-11-7-15(22)5-6-16(11)21-17(23)9-14-10-24-18(20-14)12-3-2-4-13(19)8-12/h2-8,10,22H,9,19H2,1H3,(H,21,23). The van der Waals surface area contributed by atoms with E-state index in [2.05, 4.69) is 10.3 Å². The normalized spacial score (nSPS) is 10.5. The van der Waals surface area contributed by atoms with Crippen LogP contribution in [0.5, 0.6) is 5.75 Å². The Morgan fingerprint density at radius 3 is 2.88 bits per heavy atom. The zero-order valence-electron chi connectivity index (χ0n) is 13.1. The number of nitrogens with one attached hydrogen (secondary N) is 1. The highest BCUT2D eigenvalue weighted by Gasteiger charge is 2.10. The van der Waals surface area contributed by atoms with E-state index in [9.17, 15) is 9.90 Å². The van der Waals surface area contributed by atoms with Crippen molar-refractivity contribution in [1.29, 1.82) is 0 Å². The SMILES string of the molecule is Cc1cc(O)ccc1NC(=O)Cc1csc(-c2cccc(N)c2)n1. The summed E-state index contributed by atoms with van der Waals surface area (Å²) in [6.07, 6.45) is 0.194. The fourth-order valence-electron chi connectivity index (χ4n) is 2.34. The van der Waals surface area contributed by atoms with Crippen LogP contribution < -0.4 is 11.1 Å². The molecule has 0 saturated heterocycles. The average molecular weight is 339 g/mol. The fourth-order valence-corrected chi connectivity index (χ4v) is 3.16. The first-order valence-corrected chi connectivity index (χ1v) is 8.29. The van der Waals surface area contributed by atoms with Crippen LogP contribution in [0.15, 0.2) is 47.8 Å². The average Bonchev–Trinajstić information content (AvgIpc) is 2.98. The van der Waals surface area contributed by atoms with Crippen molar-refractivity contribution in [3.05, 3.63) is 59.1 Å². The number of phenols is 1. The van der Waals surface area contributed by atoms with Gasteiger partial charge in [0.15, 0.2) is 0 Å². The minimum atomic E-state index is -0.145. The van der Waals surface area contributed by atoms with E-state index in [1.807, 2.05) is 36.6 Å². The lowest BCUT2D eigenvalue weighted by Crippen LogP contribution is -2.15. The summed E-state index contributed by atoms with van der Waals surface area (Å²) in [6.45, 7) is 1.83. The number of rotatable bonds is 4. The highest BCUT2D eigenvalue weighted by molar-refractivity contribution is 7.13. The predicted molar refractivity (Wildman–Crippen MR) is 97.1 cm³/mol. The number of anilines is 2. The van der Waals surface area contributed by atoms with E-state index >= 15 is 0 Å². The van der Waals surface area contributed by atoms with Crippen molar-refractivity contribution in [3.63, 3.8) is 0 Å². The molecule has 3 rings (SSSR count). The number of carbonyl (C=O) groups is 1. The van der Waals surface area contributed by atoms with E-state index in [0.29, 0.717) is 17.1 Å². The molecule has 1 heterocycles. The molecule has 0 atom stereocenters. The largest absolute Gasteiger partial charge is 0.508 e. The van der Waals surface area contributed by atoms with Crippen molar-refractivity contribution >= 4 is 28.6 Å². The van der Waals surface area contributed by atoms with Gasteiger partial charge in [0.2, 0.25) is 5.91 Å². The second-order valence-electron chi connectivity index (χ2n) is 5.49. The zero-order valence-corrected chi connectivity index (χ0v) is 13.9. The first kappa shape index (κ1) is 16.0. The van der Waals surface area contributed by atoms with Crippen LogP contribution in [-0.4, -0.2) is 16.0 Å². The lowest BCUT2D eigenvalue weighted by Gasteiger charge is -2.07. The van der Waals surface area contributed by atoms with E-state index in [1.54, 1.807) is 18.2 Å². The van der Waals surface area contributed by atoms with E-state index in [0.717, 1.165) is 16.1 Å². The van der Waals surface area contributed by atoms with Crippen molar-refractivity contribution in [1.82, 2.24) is 4.98 Å². The summed E-state index contributed by atoms with van der Waals surface area (Å²) < 4.78 is 0. The lowest BCUT2D eigenvalue weighted by atomic mass is 10.2. The maximum absolute atomic E-state index is 12.2. The van der Waals surface area contributed by atoms with Gasteiger partial charge in [-0.2, -0.15) is 0 Å². The third-order valence-corrected chi connectivity index (χ3v) is 4.45. The van der Waals surface area contributed by atoms with Crippen LogP contribution in [0.1, 0.15) is 11.3 Å². The minimum absolute atomic E-state index is 0.145. The summed E-state index contributed by atoms with van der Waals surface area (Å²) in [5.41, 5.74) is 9.63. The Morgan fingerprint density at radius 2 is 2.12 bits per heavy atom. The summed E-state index contributed by atoms with van der Waals surface area (Å²) >= 11 is 1.49. The van der Waals surface area contributed by atoms with Crippen LogP contribution in [0.25, 0.3) is 10.6 Å². The molecule has 0 saturated carbocycles. The van der Waals surface area contributed by atoms with E-state index in [1.165, 1.54) is 11.3 Å². The summed E-state index contributed by atoms with van der Waals surface area (Å²) in [7, 11) is 0. The first-order chi connectivity index (χ1) is 11.5. The molecule has 24 heavy (non-hydrogen) atoms. The van der Waals surface area contributed by atoms with Gasteiger partial charge >= 0.3 is 0 Å². The first-order valence-electron chi connectivity index (χ1n) is 7.41. The number of aryl methyl sites for hydroxylation is 1. The molecule has 4 N–H and O–H groups in total. The minimum Gasteiger partial charge on any atom is -0.508 e. The highest BCUT2D eigenvalue weighted by Crippen LogP contribution is 2.26. The molecule has 0 bridgehead atoms. The van der Waals surface area contributed by atoms with Gasteiger partial charge in [-0.1, -0.05) is 12.1 Å². The number of nitrogens with zero attached hydrogens (tertiary/aromatic N) is 1. The molecule has 0 unspecified atom stereocenters. The van der Waals surface area contributed by atoms with Crippen molar-refractivity contribution in [2.24, 2.45) is 0 Å². The molecule has 3 aromatic rings. The number of phenolic OH excluding ortho intramolecular Hbond substituents is 1. The maximum atomic E-state index is 12.2. The van der Waals surface area contributed by atoms with Crippen LogP contribution in [0, 0.1) is 6.92 Å². The molecule has 0 aliphatic carbocycles. The van der Waals surface area contributed by atoms with Gasteiger partial charge in [-0.05, 0) is 42.8 Å². The number of benzene rings is 2. The summed E-state index contributed by atoms with van der Waals surface area (Å²) in [5.74, 6) is 0.0324. The van der Waals surface area contributed by atoms with E-state index in [-0.39, 0.29) is 18.1 Å². The number of amides is 1. The lowest BCUT2D eigenvalue weighted by molar-refractivity contribution is -0.115.